The van der Waals surface area contributed by atoms with Crippen molar-refractivity contribution in [2.75, 3.05) is 0 Å². The zero-order valence-electron chi connectivity index (χ0n) is 27.3. The molecule has 0 aromatic heterocycles. The molecule has 6 aromatic carbocycles. The van der Waals surface area contributed by atoms with E-state index in [1.807, 2.05) is 0 Å². The van der Waals surface area contributed by atoms with E-state index in [1.54, 1.807) is 24.3 Å². The second-order valence-corrected chi connectivity index (χ2v) is 14.0. The molecule has 4 nitrogen and oxygen atoms in total. The summed E-state index contributed by atoms with van der Waals surface area (Å²) >= 11 is 0. The first-order chi connectivity index (χ1) is 25.5. The van der Waals surface area contributed by atoms with Crippen LogP contribution in [-0.2, 0) is 42.1 Å². The number of phosphoric acid groups is 1. The lowest BCUT2D eigenvalue weighted by Gasteiger charge is -2.20. The van der Waals surface area contributed by atoms with Crippen LogP contribution in [0.2, 0.25) is 0 Å². The van der Waals surface area contributed by atoms with E-state index in [2.05, 4.69) is 0 Å². The van der Waals surface area contributed by atoms with Gasteiger partial charge in [0.2, 0.25) is 0 Å². The summed E-state index contributed by atoms with van der Waals surface area (Å²) in [6.07, 6.45) is -22.3. The summed E-state index contributed by atoms with van der Waals surface area (Å²) in [6, 6.07) is 17.0. The molecule has 0 unspecified atom stereocenters. The number of fused-ring (bicyclic) bond motifs is 7. The van der Waals surface area contributed by atoms with Gasteiger partial charge >= 0.3 is 32.5 Å². The highest BCUT2D eigenvalue weighted by Gasteiger charge is 2.42. The third-order valence-corrected chi connectivity index (χ3v) is 9.89. The van der Waals surface area contributed by atoms with Crippen molar-refractivity contribution in [2.45, 2.75) is 37.5 Å². The topological polar surface area (TPSA) is 55.8 Å². The van der Waals surface area contributed by atoms with Crippen LogP contribution >= 0.6 is 7.82 Å². The smallest absolute Gasteiger partial charge is 0.394 e. The Bertz CT molecular complexity index is 2380. The minimum absolute atomic E-state index is 0.0446. The second-order valence-electron chi connectivity index (χ2n) is 12.7. The summed E-state index contributed by atoms with van der Waals surface area (Å²) in [7, 11) is -5.40. The number of alkyl halides is 12. The first-order valence-electron chi connectivity index (χ1n) is 15.9. The maximum atomic E-state index is 14.2. The van der Waals surface area contributed by atoms with E-state index >= 15 is 0 Å². The van der Waals surface area contributed by atoms with Crippen molar-refractivity contribution in [2.24, 2.45) is 0 Å². The molecule has 0 spiro atoms. The van der Waals surface area contributed by atoms with E-state index in [4.69, 9.17) is 9.05 Å². The molecule has 0 fully saturated rings. The SMILES string of the molecule is O=P1(O)Oc2c(Cc3ccc(C(F)(F)F)cc3C(F)(F)F)cc3ccccc3c2-c2c(c(Cc3ccc(C(F)(F)F)cc3C(F)(F)F)cc3ccccc23)O1. The molecule has 1 heterocycles. The Labute approximate surface area is 302 Å². The van der Waals surface area contributed by atoms with Gasteiger partial charge in [-0.1, -0.05) is 60.7 Å². The molecule has 286 valence electrons. The fourth-order valence-electron chi connectivity index (χ4n) is 6.74. The normalized spacial score (nSPS) is 14.6. The van der Waals surface area contributed by atoms with Crippen molar-refractivity contribution in [3.8, 4) is 22.6 Å². The van der Waals surface area contributed by atoms with Gasteiger partial charge in [-0.3, -0.25) is 4.89 Å². The number of rotatable bonds is 4. The average Bonchev–Trinajstić information content (AvgIpc) is 3.20. The molecule has 17 heteroatoms. The summed E-state index contributed by atoms with van der Waals surface area (Å²) in [5.41, 5.74) is -8.19. The quantitative estimate of drug-likeness (QED) is 0.143. The monoisotopic (exact) mass is 800 g/mol. The minimum Gasteiger partial charge on any atom is -0.394 e. The third kappa shape index (κ3) is 7.32. The summed E-state index contributed by atoms with van der Waals surface area (Å²) < 4.78 is 191. The zero-order chi connectivity index (χ0) is 39.9. The summed E-state index contributed by atoms with van der Waals surface area (Å²) in [5.74, 6) is -0.992. The van der Waals surface area contributed by atoms with Crippen LogP contribution in [-0.4, -0.2) is 4.89 Å². The van der Waals surface area contributed by atoms with Gasteiger partial charge in [-0.05, 0) is 69.1 Å². The zero-order valence-corrected chi connectivity index (χ0v) is 28.2. The van der Waals surface area contributed by atoms with Crippen molar-refractivity contribution < 1.29 is 71.2 Å². The van der Waals surface area contributed by atoms with Gasteiger partial charge in [0, 0.05) is 35.1 Å². The highest BCUT2D eigenvalue weighted by Crippen LogP contribution is 2.59. The van der Waals surface area contributed by atoms with Crippen LogP contribution in [0, 0.1) is 0 Å². The second kappa shape index (κ2) is 12.9. The van der Waals surface area contributed by atoms with Gasteiger partial charge in [0.15, 0.2) is 0 Å². The Morgan fingerprint density at radius 1 is 0.473 bits per heavy atom. The Kier molecular flexibility index (Phi) is 8.96. The van der Waals surface area contributed by atoms with E-state index in [9.17, 15) is 62.1 Å². The lowest BCUT2D eigenvalue weighted by molar-refractivity contribution is -0.145. The third-order valence-electron chi connectivity index (χ3n) is 9.07. The Morgan fingerprint density at radius 2 is 0.836 bits per heavy atom. The van der Waals surface area contributed by atoms with Crippen molar-refractivity contribution >= 4 is 29.4 Å². The average molecular weight is 801 g/mol. The fraction of sp³-hybridized carbons (Fsp3) is 0.158. The first kappa shape index (κ1) is 38.1. The van der Waals surface area contributed by atoms with Crippen molar-refractivity contribution in [3.63, 3.8) is 0 Å². The van der Waals surface area contributed by atoms with Crippen LogP contribution in [0.3, 0.4) is 0 Å². The van der Waals surface area contributed by atoms with Gasteiger partial charge in [0.25, 0.3) is 0 Å². The largest absolute Gasteiger partial charge is 0.584 e. The van der Waals surface area contributed by atoms with Crippen molar-refractivity contribution in [1.29, 1.82) is 0 Å². The first-order valence-corrected chi connectivity index (χ1v) is 17.4. The Balaban J connectivity index is 1.52. The molecule has 6 aromatic rings. The number of halogens is 12. The number of phosphoric ester groups is 1. The lowest BCUT2D eigenvalue weighted by Crippen LogP contribution is -2.14. The molecule has 1 N–H and O–H groups in total. The van der Waals surface area contributed by atoms with Crippen LogP contribution in [0.1, 0.15) is 44.5 Å². The maximum Gasteiger partial charge on any atom is 0.584 e. The standard InChI is InChI=1S/C38H21F12O4P/c39-35(40,41)25-11-9-21(29(17-25)37(45,46)47)15-23-13-19-5-1-3-7-27(19)31-32-28-8-4-2-6-20(28)14-24(34(32)54-55(51,52)53-33(23)31)16-22-10-12-26(36(42,43)44)18-30(22)38(48,49)50/h1-14,17-18H,15-16H2,(H,51,52). The van der Waals surface area contributed by atoms with E-state index < -0.39 is 90.2 Å². The van der Waals surface area contributed by atoms with E-state index in [1.165, 1.54) is 36.4 Å². The molecule has 0 amide bonds. The Morgan fingerprint density at radius 3 is 1.18 bits per heavy atom. The van der Waals surface area contributed by atoms with E-state index in [0.717, 1.165) is 0 Å². The molecule has 1 aliphatic rings. The van der Waals surface area contributed by atoms with E-state index in [-0.39, 0.29) is 45.2 Å². The lowest BCUT2D eigenvalue weighted by atomic mass is 9.86. The molecule has 0 bridgehead atoms. The van der Waals surface area contributed by atoms with Gasteiger partial charge in [0.1, 0.15) is 11.5 Å². The molecule has 0 saturated carbocycles. The minimum atomic E-state index is -5.40. The van der Waals surface area contributed by atoms with E-state index in [0.29, 0.717) is 35.0 Å². The molecular formula is C38H21F12O4P. The molecule has 0 saturated heterocycles. The Hall–Kier alpha value is -5.21. The van der Waals surface area contributed by atoms with Crippen LogP contribution < -0.4 is 9.05 Å². The van der Waals surface area contributed by atoms with Crippen molar-refractivity contribution in [1.82, 2.24) is 0 Å². The highest BCUT2D eigenvalue weighted by molar-refractivity contribution is 7.48. The highest BCUT2D eigenvalue weighted by atomic mass is 31.2. The fourth-order valence-corrected chi connectivity index (χ4v) is 7.66. The molecule has 1 aliphatic heterocycles. The predicted octanol–water partition coefficient (Wildman–Crippen LogP) is 12.8. The number of hydrogen-bond donors (Lipinski definition) is 1. The van der Waals surface area contributed by atoms with Gasteiger partial charge < -0.3 is 9.05 Å². The molecular weight excluding hydrogens is 779 g/mol. The van der Waals surface area contributed by atoms with Crippen LogP contribution in [0.5, 0.6) is 11.5 Å². The predicted molar refractivity (Wildman–Crippen MR) is 176 cm³/mol. The van der Waals surface area contributed by atoms with Gasteiger partial charge in [0.05, 0.1) is 22.3 Å². The van der Waals surface area contributed by atoms with Crippen molar-refractivity contribution in [3.05, 3.63) is 142 Å². The maximum absolute atomic E-state index is 14.2. The number of hydrogen-bond acceptors (Lipinski definition) is 3. The van der Waals surface area contributed by atoms with Gasteiger partial charge in [-0.25, -0.2) is 4.57 Å². The molecule has 55 heavy (non-hydrogen) atoms. The summed E-state index contributed by atoms with van der Waals surface area (Å²) in [5, 5.41) is 1.17. The summed E-state index contributed by atoms with van der Waals surface area (Å²) in [6.45, 7) is 0. The molecule has 0 atom stereocenters. The van der Waals surface area contributed by atoms with Gasteiger partial charge in [-0.2, -0.15) is 52.7 Å². The van der Waals surface area contributed by atoms with Crippen LogP contribution in [0.4, 0.5) is 52.7 Å². The van der Waals surface area contributed by atoms with Crippen LogP contribution in [0.25, 0.3) is 32.7 Å². The number of benzene rings is 6. The summed E-state index contributed by atoms with van der Waals surface area (Å²) in [4.78, 5) is 11.1. The molecule has 0 aliphatic carbocycles. The molecule has 0 radical (unpaired) electrons. The van der Waals surface area contributed by atoms with Crippen LogP contribution in [0.15, 0.2) is 97.1 Å². The van der Waals surface area contributed by atoms with Gasteiger partial charge in [-0.15, -0.1) is 0 Å². The molecule has 7 rings (SSSR count).